The largest absolute Gasteiger partial charge is 0.573 e. The topological polar surface area (TPSA) is 41.5 Å². The Morgan fingerprint density at radius 1 is 1.14 bits per heavy atom. The summed E-state index contributed by atoms with van der Waals surface area (Å²) in [6.07, 6.45) is -4.75. The van der Waals surface area contributed by atoms with Gasteiger partial charge in [0.2, 0.25) is 0 Å². The van der Waals surface area contributed by atoms with E-state index in [0.29, 0.717) is 5.56 Å². The molecule has 0 aliphatic carbocycles. The fourth-order valence-electron chi connectivity index (χ4n) is 1.68. The molecule has 7 heteroatoms. The molecule has 2 N–H and O–H groups in total. The molecule has 0 saturated heterocycles. The molecular formula is C14H11ClF3NO2. The number of aromatic hydroxyl groups is 1. The third-order valence-electron chi connectivity index (χ3n) is 2.61. The van der Waals surface area contributed by atoms with E-state index in [1.165, 1.54) is 30.3 Å². The molecule has 0 bridgehead atoms. The predicted molar refractivity (Wildman–Crippen MR) is 73.6 cm³/mol. The van der Waals surface area contributed by atoms with Crippen LogP contribution in [0, 0.1) is 0 Å². The molecule has 21 heavy (non-hydrogen) atoms. The molecule has 112 valence electrons. The molecule has 0 unspecified atom stereocenters. The minimum Gasteiger partial charge on any atom is -0.506 e. The van der Waals surface area contributed by atoms with E-state index >= 15 is 0 Å². The van der Waals surface area contributed by atoms with Crippen LogP contribution in [-0.4, -0.2) is 11.5 Å². The normalized spacial score (nSPS) is 11.2. The average molecular weight is 318 g/mol. The van der Waals surface area contributed by atoms with Crippen LogP contribution in [0.4, 0.5) is 18.9 Å². The van der Waals surface area contributed by atoms with Gasteiger partial charge in [-0.05, 0) is 29.8 Å². The second kappa shape index (κ2) is 6.13. The lowest BCUT2D eigenvalue weighted by Gasteiger charge is -2.14. The Hall–Kier alpha value is -2.08. The first kappa shape index (κ1) is 15.3. The van der Waals surface area contributed by atoms with Gasteiger partial charge in [0.15, 0.2) is 5.75 Å². The maximum Gasteiger partial charge on any atom is 0.573 e. The van der Waals surface area contributed by atoms with Crippen LogP contribution in [0.15, 0.2) is 42.5 Å². The molecule has 0 fully saturated rings. The standard InChI is InChI=1S/C14H11ClF3NO2/c15-10-7-9(5-6-12(10)20)8-19-11-3-1-2-4-13(11)21-14(16,17)18/h1-7,19-20H,8H2. The second-order valence-corrected chi connectivity index (χ2v) is 4.59. The number of anilines is 1. The van der Waals surface area contributed by atoms with Gasteiger partial charge in [-0.1, -0.05) is 29.8 Å². The molecule has 0 radical (unpaired) electrons. The molecule has 0 spiro atoms. The second-order valence-electron chi connectivity index (χ2n) is 4.18. The highest BCUT2D eigenvalue weighted by atomic mass is 35.5. The highest BCUT2D eigenvalue weighted by Crippen LogP contribution is 2.30. The van der Waals surface area contributed by atoms with Gasteiger partial charge in [-0.15, -0.1) is 13.2 Å². The lowest BCUT2D eigenvalue weighted by atomic mass is 10.2. The van der Waals surface area contributed by atoms with Crippen LogP contribution in [0.3, 0.4) is 0 Å². The van der Waals surface area contributed by atoms with Gasteiger partial charge in [0.1, 0.15) is 5.75 Å². The van der Waals surface area contributed by atoms with E-state index < -0.39 is 6.36 Å². The number of rotatable bonds is 4. The van der Waals surface area contributed by atoms with E-state index in [-0.39, 0.29) is 28.8 Å². The quantitative estimate of drug-likeness (QED) is 0.869. The summed E-state index contributed by atoms with van der Waals surface area (Å²) in [5, 5.41) is 12.3. The number of hydrogen-bond acceptors (Lipinski definition) is 3. The van der Waals surface area contributed by atoms with Crippen molar-refractivity contribution in [3.63, 3.8) is 0 Å². The summed E-state index contributed by atoms with van der Waals surface area (Å²) < 4.78 is 40.8. The molecule has 2 aromatic rings. The summed E-state index contributed by atoms with van der Waals surface area (Å²) in [4.78, 5) is 0. The molecule has 2 aromatic carbocycles. The van der Waals surface area contributed by atoms with Gasteiger partial charge in [-0.3, -0.25) is 0 Å². The van der Waals surface area contributed by atoms with E-state index in [1.54, 1.807) is 12.1 Å². The number of ether oxygens (including phenoxy) is 1. The summed E-state index contributed by atoms with van der Waals surface area (Å²) >= 11 is 5.76. The van der Waals surface area contributed by atoms with Crippen LogP contribution in [-0.2, 0) is 6.54 Å². The van der Waals surface area contributed by atoms with Crippen LogP contribution < -0.4 is 10.1 Å². The zero-order chi connectivity index (χ0) is 15.5. The fourth-order valence-corrected chi connectivity index (χ4v) is 1.89. The maximum atomic E-state index is 12.3. The van der Waals surface area contributed by atoms with Crippen molar-refractivity contribution in [3.05, 3.63) is 53.1 Å². The SMILES string of the molecule is Oc1ccc(CNc2ccccc2OC(F)(F)F)cc1Cl. The molecule has 0 aliphatic heterocycles. The van der Waals surface area contributed by atoms with Gasteiger partial charge in [0.05, 0.1) is 10.7 Å². The Bertz CT molecular complexity index is 632. The number of nitrogens with one attached hydrogen (secondary N) is 1. The summed E-state index contributed by atoms with van der Waals surface area (Å²) in [7, 11) is 0. The Morgan fingerprint density at radius 3 is 2.52 bits per heavy atom. The summed E-state index contributed by atoms with van der Waals surface area (Å²) in [5.74, 6) is -0.365. The first-order valence-corrected chi connectivity index (χ1v) is 6.29. The van der Waals surface area contributed by atoms with Crippen molar-refractivity contribution in [2.75, 3.05) is 5.32 Å². The van der Waals surface area contributed by atoms with Crippen molar-refractivity contribution in [3.8, 4) is 11.5 Å². The van der Waals surface area contributed by atoms with Crippen LogP contribution in [0.25, 0.3) is 0 Å². The van der Waals surface area contributed by atoms with Crippen LogP contribution in [0.5, 0.6) is 11.5 Å². The van der Waals surface area contributed by atoms with Crippen molar-refractivity contribution in [2.24, 2.45) is 0 Å². The van der Waals surface area contributed by atoms with E-state index in [2.05, 4.69) is 10.1 Å². The third kappa shape index (κ3) is 4.46. The summed E-state index contributed by atoms with van der Waals surface area (Å²) in [5.41, 5.74) is 0.915. The number of para-hydroxylation sites is 2. The van der Waals surface area contributed by atoms with Crippen molar-refractivity contribution in [2.45, 2.75) is 12.9 Å². The lowest BCUT2D eigenvalue weighted by molar-refractivity contribution is -0.274. The smallest absolute Gasteiger partial charge is 0.506 e. The van der Waals surface area contributed by atoms with Crippen molar-refractivity contribution >= 4 is 17.3 Å². The zero-order valence-electron chi connectivity index (χ0n) is 10.6. The van der Waals surface area contributed by atoms with Crippen LogP contribution in [0.1, 0.15) is 5.56 Å². The number of benzene rings is 2. The van der Waals surface area contributed by atoms with E-state index in [9.17, 15) is 18.3 Å². The monoisotopic (exact) mass is 317 g/mol. The third-order valence-corrected chi connectivity index (χ3v) is 2.91. The van der Waals surface area contributed by atoms with E-state index in [0.717, 1.165) is 0 Å². The molecule has 0 amide bonds. The molecule has 2 rings (SSSR count). The highest BCUT2D eigenvalue weighted by molar-refractivity contribution is 6.32. The average Bonchev–Trinajstić information content (AvgIpc) is 2.40. The Kier molecular flexibility index (Phi) is 4.47. The van der Waals surface area contributed by atoms with Crippen LogP contribution >= 0.6 is 11.6 Å². The number of phenols is 1. The maximum absolute atomic E-state index is 12.3. The predicted octanol–water partition coefficient (Wildman–Crippen LogP) is 4.56. The van der Waals surface area contributed by atoms with Crippen molar-refractivity contribution < 1.29 is 23.0 Å². The minimum atomic E-state index is -4.75. The summed E-state index contributed by atoms with van der Waals surface area (Å²) in [6.45, 7) is 0.234. The molecular weight excluding hydrogens is 307 g/mol. The molecule has 0 aromatic heterocycles. The van der Waals surface area contributed by atoms with Gasteiger partial charge in [-0.2, -0.15) is 0 Å². The Labute approximate surface area is 123 Å². The first-order chi connectivity index (χ1) is 9.85. The number of phenolic OH excluding ortho intramolecular Hbond substituents is 1. The zero-order valence-corrected chi connectivity index (χ0v) is 11.4. The van der Waals surface area contributed by atoms with Crippen molar-refractivity contribution in [1.82, 2.24) is 0 Å². The molecule has 0 atom stereocenters. The molecule has 3 nitrogen and oxygen atoms in total. The molecule has 0 heterocycles. The van der Waals surface area contributed by atoms with Crippen molar-refractivity contribution in [1.29, 1.82) is 0 Å². The number of alkyl halides is 3. The fraction of sp³-hybridized carbons (Fsp3) is 0.143. The Balaban J connectivity index is 2.11. The lowest BCUT2D eigenvalue weighted by Crippen LogP contribution is -2.18. The van der Waals surface area contributed by atoms with Gasteiger partial charge in [-0.25, -0.2) is 0 Å². The number of hydrogen-bond donors (Lipinski definition) is 2. The van der Waals surface area contributed by atoms with E-state index in [4.69, 9.17) is 11.6 Å². The molecule has 0 saturated carbocycles. The Morgan fingerprint density at radius 2 is 1.86 bits per heavy atom. The minimum absolute atomic E-state index is 0.0544. The highest BCUT2D eigenvalue weighted by Gasteiger charge is 2.32. The van der Waals surface area contributed by atoms with Gasteiger partial charge in [0.25, 0.3) is 0 Å². The first-order valence-electron chi connectivity index (χ1n) is 5.91. The van der Waals surface area contributed by atoms with Gasteiger partial charge >= 0.3 is 6.36 Å². The molecule has 0 aliphatic rings. The van der Waals surface area contributed by atoms with E-state index in [1.807, 2.05) is 0 Å². The van der Waals surface area contributed by atoms with Crippen LogP contribution in [0.2, 0.25) is 5.02 Å². The van der Waals surface area contributed by atoms with Gasteiger partial charge in [0, 0.05) is 6.54 Å². The summed E-state index contributed by atoms with van der Waals surface area (Å²) in [6, 6.07) is 10.3. The van der Waals surface area contributed by atoms with Gasteiger partial charge < -0.3 is 15.2 Å². The number of halogens is 4.